The summed E-state index contributed by atoms with van der Waals surface area (Å²) in [6.07, 6.45) is 5.23. The summed E-state index contributed by atoms with van der Waals surface area (Å²) < 4.78 is 7.33. The van der Waals surface area contributed by atoms with Gasteiger partial charge in [-0.2, -0.15) is 5.10 Å². The predicted molar refractivity (Wildman–Crippen MR) is 59.7 cm³/mol. The van der Waals surface area contributed by atoms with Crippen molar-refractivity contribution in [1.82, 2.24) is 9.78 Å². The van der Waals surface area contributed by atoms with Gasteiger partial charge in [-0.1, -0.05) is 0 Å². The van der Waals surface area contributed by atoms with E-state index in [0.29, 0.717) is 18.9 Å². The molecule has 2 fully saturated rings. The van der Waals surface area contributed by atoms with Crippen molar-refractivity contribution in [1.29, 1.82) is 0 Å². The predicted octanol–water partition coefficient (Wildman–Crippen LogP) is 1.39. The third kappa shape index (κ3) is 2.34. The first-order valence-electron chi connectivity index (χ1n) is 6.14. The zero-order valence-corrected chi connectivity index (χ0v) is 9.58. The highest BCUT2D eigenvalue weighted by molar-refractivity contribution is 5.72. The normalized spacial score (nSPS) is 28.5. The molecule has 2 atom stereocenters. The second kappa shape index (κ2) is 4.14. The highest BCUT2D eigenvalue weighted by Gasteiger charge is 2.31. The van der Waals surface area contributed by atoms with Crippen molar-refractivity contribution in [3.05, 3.63) is 18.0 Å². The molecule has 1 N–H and O–H groups in total. The van der Waals surface area contributed by atoms with Crippen LogP contribution in [0.25, 0.3) is 0 Å². The molecule has 5 heteroatoms. The number of carbonyl (C=O) groups is 1. The van der Waals surface area contributed by atoms with Gasteiger partial charge in [0, 0.05) is 12.1 Å². The molecular weight excluding hydrogens is 220 g/mol. The number of aromatic nitrogens is 2. The summed E-state index contributed by atoms with van der Waals surface area (Å²) in [4.78, 5) is 10.8. The van der Waals surface area contributed by atoms with Crippen LogP contribution in [0.1, 0.15) is 37.3 Å². The fourth-order valence-corrected chi connectivity index (χ4v) is 2.31. The lowest BCUT2D eigenvalue weighted by molar-refractivity contribution is -0.149. The molecule has 2 heterocycles. The fraction of sp³-hybridized carbons (Fsp3) is 0.667. The maximum atomic E-state index is 10.8. The molecule has 0 amide bonds. The van der Waals surface area contributed by atoms with Gasteiger partial charge < -0.3 is 9.84 Å². The van der Waals surface area contributed by atoms with E-state index in [1.807, 2.05) is 10.9 Å². The number of carboxylic acid groups (broad SMARTS) is 1. The summed E-state index contributed by atoms with van der Waals surface area (Å²) in [5.41, 5.74) is 1.16. The Hall–Kier alpha value is -1.36. The summed E-state index contributed by atoms with van der Waals surface area (Å²) in [6.45, 7) is 0.663. The molecule has 0 radical (unpaired) electrons. The zero-order chi connectivity index (χ0) is 11.8. The third-order valence-electron chi connectivity index (χ3n) is 3.43. The van der Waals surface area contributed by atoms with E-state index in [9.17, 15) is 4.79 Å². The third-order valence-corrected chi connectivity index (χ3v) is 3.43. The Kier molecular flexibility index (Phi) is 2.63. The monoisotopic (exact) mass is 236 g/mol. The number of aliphatic carboxylic acids is 1. The Morgan fingerprint density at radius 3 is 2.94 bits per heavy atom. The number of ether oxygens (including phenoxy) is 1. The Morgan fingerprint density at radius 1 is 1.47 bits per heavy atom. The maximum Gasteiger partial charge on any atom is 0.332 e. The van der Waals surface area contributed by atoms with Gasteiger partial charge in [0.15, 0.2) is 6.10 Å². The van der Waals surface area contributed by atoms with Crippen LogP contribution in [0.15, 0.2) is 12.3 Å². The van der Waals surface area contributed by atoms with Gasteiger partial charge in [-0.05, 0) is 31.7 Å². The molecule has 0 bridgehead atoms. The van der Waals surface area contributed by atoms with Gasteiger partial charge in [0.2, 0.25) is 0 Å². The van der Waals surface area contributed by atoms with Crippen molar-refractivity contribution >= 4 is 5.97 Å². The number of nitrogens with zero attached hydrogens (tertiary/aromatic N) is 2. The topological polar surface area (TPSA) is 64.3 Å². The van der Waals surface area contributed by atoms with E-state index in [1.54, 1.807) is 0 Å². The van der Waals surface area contributed by atoms with Gasteiger partial charge in [0.1, 0.15) is 0 Å². The van der Waals surface area contributed by atoms with Crippen LogP contribution in [0.2, 0.25) is 0 Å². The molecule has 92 valence electrons. The number of rotatable bonds is 4. The van der Waals surface area contributed by atoms with Crippen molar-refractivity contribution in [3.8, 4) is 0 Å². The molecule has 1 aromatic rings. The smallest absolute Gasteiger partial charge is 0.332 e. The maximum absolute atomic E-state index is 10.8. The van der Waals surface area contributed by atoms with E-state index < -0.39 is 12.1 Å². The minimum Gasteiger partial charge on any atom is -0.479 e. The van der Waals surface area contributed by atoms with Crippen molar-refractivity contribution in [2.24, 2.45) is 0 Å². The molecule has 1 saturated carbocycles. The van der Waals surface area contributed by atoms with Gasteiger partial charge in [-0.25, -0.2) is 4.79 Å². The fourth-order valence-electron chi connectivity index (χ4n) is 2.31. The molecule has 1 saturated heterocycles. The molecule has 1 aliphatic carbocycles. The highest BCUT2D eigenvalue weighted by atomic mass is 16.5. The summed E-state index contributed by atoms with van der Waals surface area (Å²) >= 11 is 0. The molecule has 17 heavy (non-hydrogen) atoms. The molecular formula is C12H16N2O3. The summed E-state index contributed by atoms with van der Waals surface area (Å²) in [5.74, 6) is -0.195. The first-order valence-corrected chi connectivity index (χ1v) is 6.14. The number of hydrogen-bond acceptors (Lipinski definition) is 3. The van der Waals surface area contributed by atoms with Crippen molar-refractivity contribution in [2.75, 3.05) is 0 Å². The van der Waals surface area contributed by atoms with E-state index in [4.69, 9.17) is 9.84 Å². The van der Waals surface area contributed by atoms with E-state index in [-0.39, 0.29) is 6.10 Å². The second-order valence-corrected chi connectivity index (χ2v) is 4.90. The van der Waals surface area contributed by atoms with Gasteiger partial charge in [0.05, 0.1) is 18.3 Å². The van der Waals surface area contributed by atoms with Crippen molar-refractivity contribution in [3.63, 3.8) is 0 Å². The van der Waals surface area contributed by atoms with Crippen LogP contribution < -0.4 is 0 Å². The molecule has 1 aliphatic heterocycles. The van der Waals surface area contributed by atoms with Crippen LogP contribution in [-0.4, -0.2) is 33.1 Å². The lowest BCUT2D eigenvalue weighted by Gasteiger charge is -2.10. The van der Waals surface area contributed by atoms with Gasteiger partial charge >= 0.3 is 5.97 Å². The standard InChI is InChI=1S/C12H16N2O3/c15-12(16)11-4-3-9(17-11)7-14-6-5-10(13-14)8-1-2-8/h5-6,8-9,11H,1-4,7H2,(H,15,16). The molecule has 1 aromatic heterocycles. The average molecular weight is 236 g/mol. The minimum atomic E-state index is -0.855. The van der Waals surface area contributed by atoms with E-state index in [2.05, 4.69) is 11.2 Å². The van der Waals surface area contributed by atoms with Crippen molar-refractivity contribution < 1.29 is 14.6 Å². The zero-order valence-electron chi connectivity index (χ0n) is 9.58. The van der Waals surface area contributed by atoms with Crippen LogP contribution in [0.3, 0.4) is 0 Å². The second-order valence-electron chi connectivity index (χ2n) is 4.90. The van der Waals surface area contributed by atoms with Gasteiger partial charge in [-0.15, -0.1) is 0 Å². The van der Waals surface area contributed by atoms with Crippen LogP contribution in [0.4, 0.5) is 0 Å². The number of carboxylic acids is 1. The molecule has 0 aromatic carbocycles. The average Bonchev–Trinajstić information content (AvgIpc) is 2.87. The van der Waals surface area contributed by atoms with Crippen molar-refractivity contribution in [2.45, 2.75) is 50.4 Å². The molecule has 3 rings (SSSR count). The first kappa shape index (κ1) is 10.8. The first-order chi connectivity index (χ1) is 8.22. The van der Waals surface area contributed by atoms with Gasteiger partial charge in [-0.3, -0.25) is 4.68 Å². The molecule has 2 aliphatic rings. The Labute approximate surface area is 99.4 Å². The van der Waals surface area contributed by atoms with Crippen LogP contribution in [0, 0.1) is 0 Å². The lowest BCUT2D eigenvalue weighted by Crippen LogP contribution is -2.23. The molecule has 0 spiro atoms. The Morgan fingerprint density at radius 2 is 2.29 bits per heavy atom. The number of hydrogen-bond donors (Lipinski definition) is 1. The Bertz CT molecular complexity index is 425. The van der Waals surface area contributed by atoms with Gasteiger partial charge in [0.25, 0.3) is 0 Å². The Balaban J connectivity index is 1.57. The molecule has 5 nitrogen and oxygen atoms in total. The molecule has 2 unspecified atom stereocenters. The van der Waals surface area contributed by atoms with Crippen LogP contribution in [-0.2, 0) is 16.1 Å². The van der Waals surface area contributed by atoms with E-state index >= 15 is 0 Å². The summed E-state index contributed by atoms with van der Waals surface area (Å²) in [6, 6.07) is 2.06. The highest BCUT2D eigenvalue weighted by Crippen LogP contribution is 2.38. The minimum absolute atomic E-state index is 0.0111. The largest absolute Gasteiger partial charge is 0.479 e. The van der Waals surface area contributed by atoms with E-state index in [1.165, 1.54) is 12.8 Å². The van der Waals surface area contributed by atoms with Crippen LogP contribution in [0.5, 0.6) is 0 Å². The SMILES string of the molecule is O=C(O)C1CCC(Cn2ccc(C3CC3)n2)O1. The summed E-state index contributed by atoms with van der Waals surface area (Å²) in [7, 11) is 0. The lowest BCUT2D eigenvalue weighted by atomic mass is 10.2. The summed E-state index contributed by atoms with van der Waals surface area (Å²) in [5, 5.41) is 13.3. The quantitative estimate of drug-likeness (QED) is 0.858. The van der Waals surface area contributed by atoms with E-state index in [0.717, 1.165) is 12.1 Å². The van der Waals surface area contributed by atoms with Crippen LogP contribution >= 0.6 is 0 Å².